The maximum atomic E-state index is 9.89. The Balaban J connectivity index is 3.91. The summed E-state index contributed by atoms with van der Waals surface area (Å²) in [6.45, 7) is 0. The molecule has 0 amide bonds. The topological polar surface area (TPSA) is 55.5 Å². The average molecular weight is 112 g/mol. The third-order valence-corrected chi connectivity index (χ3v) is 0.607. The van der Waals surface area contributed by atoms with E-state index in [-0.39, 0.29) is 0 Å². The van der Waals surface area contributed by atoms with Crippen LogP contribution in [0.4, 0.5) is 0 Å². The number of carbonyl (C=O) groups is 1. The third-order valence-electron chi connectivity index (χ3n) is 0.607. The molecule has 0 aliphatic rings. The number of aldehydes is 1. The molecule has 0 saturated carbocycles. The Kier molecular flexibility index (Phi) is 3.48. The SMILES string of the molecule is CN=CC(C=O)=CN. The molecule has 0 spiro atoms. The fourth-order valence-electron chi connectivity index (χ4n) is 0.262. The number of aliphatic imine (C=N–C) groups is 1. The molecule has 2 N–H and O–H groups in total. The van der Waals surface area contributed by atoms with Crippen molar-refractivity contribution in [3.8, 4) is 0 Å². The third kappa shape index (κ3) is 2.12. The lowest BCUT2D eigenvalue weighted by Gasteiger charge is -1.80. The van der Waals surface area contributed by atoms with Crippen molar-refractivity contribution in [1.82, 2.24) is 0 Å². The highest BCUT2D eigenvalue weighted by molar-refractivity contribution is 6.01. The second-order valence-corrected chi connectivity index (χ2v) is 1.17. The summed E-state index contributed by atoms with van der Waals surface area (Å²) in [5.74, 6) is 0. The summed E-state index contributed by atoms with van der Waals surface area (Å²) < 4.78 is 0. The predicted octanol–water partition coefficient (Wildman–Crippen LogP) is -0.271. The van der Waals surface area contributed by atoms with Crippen LogP contribution in [0.3, 0.4) is 0 Å². The smallest absolute Gasteiger partial charge is 0.153 e. The van der Waals surface area contributed by atoms with Crippen molar-refractivity contribution in [2.24, 2.45) is 10.7 Å². The molecule has 0 aromatic heterocycles. The fraction of sp³-hybridized carbons (Fsp3) is 0.200. The molecule has 8 heavy (non-hydrogen) atoms. The van der Waals surface area contributed by atoms with Gasteiger partial charge in [-0.05, 0) is 0 Å². The van der Waals surface area contributed by atoms with E-state index in [1.54, 1.807) is 7.05 Å². The molecule has 0 rings (SSSR count). The highest BCUT2D eigenvalue weighted by Gasteiger charge is 1.81. The highest BCUT2D eigenvalue weighted by atomic mass is 16.1. The van der Waals surface area contributed by atoms with E-state index in [0.717, 1.165) is 0 Å². The van der Waals surface area contributed by atoms with E-state index in [1.165, 1.54) is 12.4 Å². The van der Waals surface area contributed by atoms with Crippen molar-refractivity contribution in [3.05, 3.63) is 11.8 Å². The van der Waals surface area contributed by atoms with Gasteiger partial charge in [0.2, 0.25) is 0 Å². The normalized spacial score (nSPS) is 12.4. The molecule has 0 aliphatic carbocycles. The second kappa shape index (κ2) is 4.05. The van der Waals surface area contributed by atoms with Crippen LogP contribution in [0.2, 0.25) is 0 Å². The quantitative estimate of drug-likeness (QED) is 0.303. The van der Waals surface area contributed by atoms with E-state index in [1.807, 2.05) is 0 Å². The van der Waals surface area contributed by atoms with Gasteiger partial charge in [0, 0.05) is 25.0 Å². The van der Waals surface area contributed by atoms with Crippen LogP contribution in [0, 0.1) is 0 Å². The van der Waals surface area contributed by atoms with Crippen LogP contribution in [0.15, 0.2) is 16.8 Å². The number of carbonyl (C=O) groups excluding carboxylic acids is 1. The van der Waals surface area contributed by atoms with Gasteiger partial charge in [-0.2, -0.15) is 0 Å². The number of nitrogens with two attached hydrogens (primary N) is 1. The fourth-order valence-corrected chi connectivity index (χ4v) is 0.262. The average Bonchev–Trinajstić information content (AvgIpc) is 1.83. The van der Waals surface area contributed by atoms with Crippen LogP contribution in [0.25, 0.3) is 0 Å². The van der Waals surface area contributed by atoms with E-state index >= 15 is 0 Å². The largest absolute Gasteiger partial charge is 0.404 e. The van der Waals surface area contributed by atoms with E-state index < -0.39 is 0 Å². The Morgan fingerprint density at radius 2 is 2.38 bits per heavy atom. The summed E-state index contributed by atoms with van der Waals surface area (Å²) in [7, 11) is 1.58. The molecule has 0 fully saturated rings. The van der Waals surface area contributed by atoms with Crippen LogP contribution in [0.5, 0.6) is 0 Å². The molecule has 0 unspecified atom stereocenters. The maximum Gasteiger partial charge on any atom is 0.153 e. The van der Waals surface area contributed by atoms with Gasteiger partial charge in [-0.15, -0.1) is 0 Å². The highest BCUT2D eigenvalue weighted by Crippen LogP contribution is 1.76. The molecule has 0 aromatic rings. The van der Waals surface area contributed by atoms with E-state index in [0.29, 0.717) is 11.9 Å². The lowest BCUT2D eigenvalue weighted by atomic mass is 10.3. The van der Waals surface area contributed by atoms with Crippen molar-refractivity contribution < 1.29 is 4.79 Å². The molecule has 0 heterocycles. The van der Waals surface area contributed by atoms with Crippen LogP contribution in [-0.4, -0.2) is 19.5 Å². The van der Waals surface area contributed by atoms with Gasteiger partial charge in [0.1, 0.15) is 0 Å². The lowest BCUT2D eigenvalue weighted by molar-refractivity contribution is -0.104. The molecule has 0 saturated heterocycles. The first kappa shape index (κ1) is 6.88. The Labute approximate surface area is 47.9 Å². The monoisotopic (exact) mass is 112 g/mol. The molecule has 3 heteroatoms. The summed E-state index contributed by atoms with van der Waals surface area (Å²) in [5, 5.41) is 0. The minimum absolute atomic E-state index is 0.396. The molecular formula is C5H8N2O. The standard InChI is InChI=1S/C5H8N2O/c1-7-3-5(2-6)4-8/h2-4H,6H2,1H3. The lowest BCUT2D eigenvalue weighted by Crippen LogP contribution is -1.90. The summed E-state index contributed by atoms with van der Waals surface area (Å²) in [6.07, 6.45) is 3.25. The predicted molar refractivity (Wildman–Crippen MR) is 32.8 cm³/mol. The van der Waals surface area contributed by atoms with Crippen molar-refractivity contribution in [1.29, 1.82) is 0 Å². The zero-order valence-corrected chi connectivity index (χ0v) is 4.66. The van der Waals surface area contributed by atoms with Crippen molar-refractivity contribution in [2.75, 3.05) is 7.05 Å². The first-order valence-corrected chi connectivity index (χ1v) is 2.14. The molecule has 0 bridgehead atoms. The Bertz CT molecular complexity index is 126. The van der Waals surface area contributed by atoms with Crippen molar-refractivity contribution in [2.45, 2.75) is 0 Å². The summed E-state index contributed by atoms with van der Waals surface area (Å²) in [5.41, 5.74) is 5.38. The van der Waals surface area contributed by atoms with Gasteiger partial charge in [-0.3, -0.25) is 9.79 Å². The van der Waals surface area contributed by atoms with Crippen LogP contribution in [0.1, 0.15) is 0 Å². The molecule has 0 aliphatic heterocycles. The van der Waals surface area contributed by atoms with Crippen LogP contribution < -0.4 is 5.73 Å². The van der Waals surface area contributed by atoms with Gasteiger partial charge in [-0.25, -0.2) is 0 Å². The van der Waals surface area contributed by atoms with Gasteiger partial charge >= 0.3 is 0 Å². The second-order valence-electron chi connectivity index (χ2n) is 1.17. The summed E-state index contributed by atoms with van der Waals surface area (Å²) in [4.78, 5) is 13.5. The minimum atomic E-state index is 0.396. The zero-order valence-electron chi connectivity index (χ0n) is 4.66. The first-order valence-electron chi connectivity index (χ1n) is 2.14. The number of hydrogen-bond donors (Lipinski definition) is 1. The van der Waals surface area contributed by atoms with Crippen molar-refractivity contribution in [3.63, 3.8) is 0 Å². The number of hydrogen-bond acceptors (Lipinski definition) is 3. The molecule has 0 aromatic carbocycles. The Morgan fingerprint density at radius 1 is 1.75 bits per heavy atom. The summed E-state index contributed by atoms with van der Waals surface area (Å²) in [6, 6.07) is 0. The number of nitrogens with zero attached hydrogens (tertiary/aromatic N) is 1. The van der Waals surface area contributed by atoms with E-state index in [9.17, 15) is 4.79 Å². The molecule has 44 valence electrons. The van der Waals surface area contributed by atoms with Crippen molar-refractivity contribution >= 4 is 12.5 Å². The van der Waals surface area contributed by atoms with Gasteiger partial charge < -0.3 is 5.73 Å². The van der Waals surface area contributed by atoms with Gasteiger partial charge in [0.25, 0.3) is 0 Å². The maximum absolute atomic E-state index is 9.89. The number of allylic oxidation sites excluding steroid dienone is 1. The number of rotatable bonds is 2. The van der Waals surface area contributed by atoms with E-state index in [2.05, 4.69) is 4.99 Å². The van der Waals surface area contributed by atoms with Gasteiger partial charge in [0.15, 0.2) is 6.29 Å². The van der Waals surface area contributed by atoms with Crippen LogP contribution in [-0.2, 0) is 4.79 Å². The van der Waals surface area contributed by atoms with Gasteiger partial charge in [0.05, 0.1) is 0 Å². The molecule has 3 nitrogen and oxygen atoms in total. The molecule has 0 atom stereocenters. The first-order chi connectivity index (χ1) is 3.85. The zero-order chi connectivity index (χ0) is 6.41. The Hall–Kier alpha value is -1.12. The summed E-state index contributed by atoms with van der Waals surface area (Å²) >= 11 is 0. The molecule has 0 radical (unpaired) electrons. The van der Waals surface area contributed by atoms with Gasteiger partial charge in [-0.1, -0.05) is 0 Å². The molecular weight excluding hydrogens is 104 g/mol. The van der Waals surface area contributed by atoms with E-state index in [4.69, 9.17) is 5.73 Å². The minimum Gasteiger partial charge on any atom is -0.404 e. The Morgan fingerprint density at radius 3 is 2.50 bits per heavy atom. The van der Waals surface area contributed by atoms with Crippen LogP contribution >= 0.6 is 0 Å².